The van der Waals surface area contributed by atoms with E-state index in [0.717, 1.165) is 4.68 Å². The van der Waals surface area contributed by atoms with Crippen LogP contribution in [0, 0.1) is 20.8 Å². The van der Waals surface area contributed by atoms with Gasteiger partial charge in [0.15, 0.2) is 0 Å². The number of H-pyrrole nitrogens is 1. The summed E-state index contributed by atoms with van der Waals surface area (Å²) in [5.41, 5.74) is 3.59. The molecule has 0 spiro atoms. The number of fused-ring (bicyclic) bond motifs is 1. The lowest BCUT2D eigenvalue weighted by Gasteiger charge is -2.11. The Morgan fingerprint density at radius 3 is 2.75 bits per heavy atom. The van der Waals surface area contributed by atoms with Crippen molar-refractivity contribution in [2.45, 2.75) is 20.8 Å². The third kappa shape index (κ3) is 3.56. The van der Waals surface area contributed by atoms with Gasteiger partial charge in [-0.1, -0.05) is 0 Å². The molecule has 0 aliphatic carbocycles. The van der Waals surface area contributed by atoms with Crippen molar-refractivity contribution in [3.63, 3.8) is 0 Å². The van der Waals surface area contributed by atoms with E-state index >= 15 is 0 Å². The van der Waals surface area contributed by atoms with Crippen LogP contribution in [0.2, 0.25) is 0 Å². The van der Waals surface area contributed by atoms with E-state index in [1.807, 2.05) is 0 Å². The summed E-state index contributed by atoms with van der Waals surface area (Å²) >= 11 is 1.35. The first-order valence-corrected chi connectivity index (χ1v) is 9.36. The topological polar surface area (TPSA) is 115 Å². The second kappa shape index (κ2) is 7.95. The normalized spacial score (nSPS) is 11.0. The number of aromatic amines is 1. The Hall–Kier alpha value is -2.98. The zero-order valence-electron chi connectivity index (χ0n) is 15.9. The number of ether oxygens (including phenoxy) is 2. The zero-order chi connectivity index (χ0) is 20.4. The van der Waals surface area contributed by atoms with Gasteiger partial charge in [-0.15, -0.1) is 11.3 Å². The second-order valence-electron chi connectivity index (χ2n) is 6.13. The number of rotatable bonds is 6. The van der Waals surface area contributed by atoms with Crippen molar-refractivity contribution >= 4 is 33.4 Å². The summed E-state index contributed by atoms with van der Waals surface area (Å²) in [4.78, 5) is 45.5. The second-order valence-corrected chi connectivity index (χ2v) is 7.03. The van der Waals surface area contributed by atoms with Crippen LogP contribution >= 0.6 is 11.3 Å². The smallest absolute Gasteiger partial charge is 0.340 e. The molecule has 3 aromatic rings. The molecule has 0 fully saturated rings. The summed E-state index contributed by atoms with van der Waals surface area (Å²) in [6.07, 6.45) is 0. The zero-order valence-corrected chi connectivity index (χ0v) is 16.7. The lowest BCUT2D eigenvalue weighted by Crippen LogP contribution is -2.35. The molecule has 9 nitrogen and oxygen atoms in total. The molecule has 0 aromatic carbocycles. The largest absolute Gasteiger partial charge is 0.460 e. The molecule has 1 amide bonds. The molecule has 0 aliphatic rings. The Balaban J connectivity index is 1.89. The highest BCUT2D eigenvalue weighted by molar-refractivity contribution is 7.16. The molecule has 0 radical (unpaired) electrons. The van der Waals surface area contributed by atoms with Gasteiger partial charge >= 0.3 is 5.97 Å². The van der Waals surface area contributed by atoms with Crippen molar-refractivity contribution in [2.24, 2.45) is 0 Å². The lowest BCUT2D eigenvalue weighted by molar-refractivity contribution is 0.0387. The Morgan fingerprint density at radius 1 is 1.29 bits per heavy atom. The fourth-order valence-corrected chi connectivity index (χ4v) is 3.68. The van der Waals surface area contributed by atoms with Crippen molar-refractivity contribution in [3.8, 4) is 0 Å². The van der Waals surface area contributed by atoms with Crippen molar-refractivity contribution in [1.29, 1.82) is 0 Å². The van der Waals surface area contributed by atoms with Gasteiger partial charge in [-0.3, -0.25) is 15.0 Å². The Labute approximate surface area is 164 Å². The molecule has 0 bridgehead atoms. The van der Waals surface area contributed by atoms with Gasteiger partial charge in [0, 0.05) is 12.8 Å². The molecule has 3 heterocycles. The van der Waals surface area contributed by atoms with Gasteiger partial charge < -0.3 is 14.5 Å². The molecule has 2 N–H and O–H groups in total. The highest BCUT2D eigenvalue weighted by Gasteiger charge is 2.24. The van der Waals surface area contributed by atoms with Crippen LogP contribution in [0.1, 0.15) is 37.9 Å². The SMILES string of the molecule is COCCOC(=O)c1c(C)[nH]c(C(=O)Nn2c(C)nc3sccc3c2=O)c1C. The number of carbonyl (C=O) groups excluding carboxylic acids is 2. The van der Waals surface area contributed by atoms with Crippen LogP contribution in [0.25, 0.3) is 10.2 Å². The van der Waals surface area contributed by atoms with Crippen LogP contribution in [0.4, 0.5) is 0 Å². The van der Waals surface area contributed by atoms with Gasteiger partial charge in [0.25, 0.3) is 11.5 Å². The van der Waals surface area contributed by atoms with E-state index in [4.69, 9.17) is 9.47 Å². The third-order valence-electron chi connectivity index (χ3n) is 4.27. The molecular weight excluding hydrogens is 384 g/mol. The van der Waals surface area contributed by atoms with Gasteiger partial charge in [0.05, 0.1) is 17.6 Å². The number of methoxy groups -OCH3 is 1. The quantitative estimate of drug-likeness (QED) is 0.479. The van der Waals surface area contributed by atoms with Gasteiger partial charge in [-0.2, -0.15) is 0 Å². The van der Waals surface area contributed by atoms with Gasteiger partial charge in [0.1, 0.15) is 23.0 Å². The van der Waals surface area contributed by atoms with Crippen LogP contribution in [0.15, 0.2) is 16.2 Å². The van der Waals surface area contributed by atoms with E-state index in [0.29, 0.717) is 27.3 Å². The third-order valence-corrected chi connectivity index (χ3v) is 5.07. The molecular formula is C18H20N4O5S. The average molecular weight is 404 g/mol. The molecule has 0 unspecified atom stereocenters. The number of thiophene rings is 1. The van der Waals surface area contributed by atoms with Gasteiger partial charge in [-0.25, -0.2) is 14.5 Å². The van der Waals surface area contributed by atoms with Gasteiger partial charge in [0.2, 0.25) is 0 Å². The molecule has 28 heavy (non-hydrogen) atoms. The first kappa shape index (κ1) is 19.8. The van der Waals surface area contributed by atoms with Crippen LogP contribution in [0.3, 0.4) is 0 Å². The number of nitrogens with zero attached hydrogens (tertiary/aromatic N) is 2. The molecule has 10 heteroatoms. The van der Waals surface area contributed by atoms with E-state index in [1.54, 1.807) is 32.2 Å². The highest BCUT2D eigenvalue weighted by Crippen LogP contribution is 2.20. The maximum atomic E-state index is 12.8. The van der Waals surface area contributed by atoms with Crippen molar-refractivity contribution in [3.05, 3.63) is 50.1 Å². The summed E-state index contributed by atoms with van der Waals surface area (Å²) in [6.45, 7) is 5.34. The summed E-state index contributed by atoms with van der Waals surface area (Å²) in [7, 11) is 1.51. The van der Waals surface area contributed by atoms with Crippen molar-refractivity contribution in [2.75, 3.05) is 25.7 Å². The minimum atomic E-state index is -0.557. The Bertz CT molecular complexity index is 1110. The predicted molar refractivity (Wildman–Crippen MR) is 105 cm³/mol. The summed E-state index contributed by atoms with van der Waals surface area (Å²) in [6, 6.07) is 1.66. The summed E-state index contributed by atoms with van der Waals surface area (Å²) in [5, 5.41) is 2.20. The first-order valence-electron chi connectivity index (χ1n) is 8.48. The molecule has 0 saturated heterocycles. The van der Waals surface area contributed by atoms with Gasteiger partial charge in [-0.05, 0) is 37.8 Å². The monoisotopic (exact) mass is 404 g/mol. The molecule has 0 atom stereocenters. The number of amides is 1. The van der Waals surface area contributed by atoms with Crippen LogP contribution in [-0.2, 0) is 9.47 Å². The molecule has 3 aromatic heterocycles. The van der Waals surface area contributed by atoms with E-state index in [1.165, 1.54) is 18.4 Å². The molecule has 148 valence electrons. The fraction of sp³-hybridized carbons (Fsp3) is 0.333. The number of carbonyl (C=O) groups is 2. The molecule has 0 saturated carbocycles. The van der Waals surface area contributed by atoms with E-state index in [-0.39, 0.29) is 30.0 Å². The highest BCUT2D eigenvalue weighted by atomic mass is 32.1. The number of aryl methyl sites for hydroxylation is 2. The summed E-state index contributed by atoms with van der Waals surface area (Å²) < 4.78 is 11.1. The van der Waals surface area contributed by atoms with E-state index in [9.17, 15) is 14.4 Å². The summed E-state index contributed by atoms with van der Waals surface area (Å²) in [5.74, 6) is -0.747. The average Bonchev–Trinajstić information content (AvgIpc) is 3.22. The van der Waals surface area contributed by atoms with E-state index in [2.05, 4.69) is 15.4 Å². The minimum absolute atomic E-state index is 0.113. The first-order chi connectivity index (χ1) is 13.3. The number of esters is 1. The predicted octanol–water partition coefficient (Wildman–Crippen LogP) is 1.90. The Kier molecular flexibility index (Phi) is 5.61. The maximum Gasteiger partial charge on any atom is 0.340 e. The van der Waals surface area contributed by atoms with Crippen LogP contribution in [0.5, 0.6) is 0 Å². The lowest BCUT2D eigenvalue weighted by atomic mass is 10.1. The van der Waals surface area contributed by atoms with Crippen molar-refractivity contribution in [1.82, 2.24) is 14.6 Å². The van der Waals surface area contributed by atoms with Crippen LogP contribution in [-0.4, -0.2) is 46.8 Å². The number of hydrogen-bond acceptors (Lipinski definition) is 7. The number of hydrogen-bond donors (Lipinski definition) is 2. The Morgan fingerprint density at radius 2 is 2.04 bits per heavy atom. The molecule has 3 rings (SSSR count). The maximum absolute atomic E-state index is 12.8. The van der Waals surface area contributed by atoms with E-state index < -0.39 is 11.9 Å². The minimum Gasteiger partial charge on any atom is -0.460 e. The molecule has 0 aliphatic heterocycles. The number of aromatic nitrogens is 3. The number of nitrogens with one attached hydrogen (secondary N) is 2. The fourth-order valence-electron chi connectivity index (χ4n) is 2.88. The standard InChI is InChI=1S/C18H20N4O5S/c1-9-13(18(25)27-7-6-26-4)10(2)19-14(9)15(23)21-22-11(3)20-16-12(17(22)24)5-8-28-16/h5,8,19H,6-7H2,1-4H3,(H,21,23). The van der Waals surface area contributed by atoms with Crippen molar-refractivity contribution < 1.29 is 19.1 Å². The van der Waals surface area contributed by atoms with Crippen LogP contribution < -0.4 is 11.0 Å².